The summed E-state index contributed by atoms with van der Waals surface area (Å²) in [5.74, 6) is 0. The van der Waals surface area contributed by atoms with E-state index in [9.17, 15) is 0 Å². The molecule has 0 atom stereocenters. The van der Waals surface area contributed by atoms with Crippen LogP contribution in [-0.2, 0) is 0 Å². The SMILES string of the molecule is c1ccc(-c2ccc(-n3c4ccccc4c4ccc(N(c5ccc6ccccc6c5)c5cccc6c5c5ccccc5n6-c5ccc(-c6ccccc6)cc5)cc43)cc2)cc1. The van der Waals surface area contributed by atoms with Crippen LogP contribution in [0.2, 0.25) is 0 Å². The van der Waals surface area contributed by atoms with E-state index in [0.717, 1.165) is 39.5 Å². The van der Waals surface area contributed by atoms with E-state index in [-0.39, 0.29) is 0 Å². The highest BCUT2D eigenvalue weighted by atomic mass is 15.2. The Morgan fingerprint density at radius 1 is 0.279 bits per heavy atom. The lowest BCUT2D eigenvalue weighted by molar-refractivity contribution is 1.18. The van der Waals surface area contributed by atoms with E-state index in [1.807, 2.05) is 0 Å². The summed E-state index contributed by atoms with van der Waals surface area (Å²) in [4.78, 5) is 2.46. The molecule has 0 aliphatic carbocycles. The second-order valence-electron chi connectivity index (χ2n) is 15.8. The molecule has 286 valence electrons. The third kappa shape index (κ3) is 5.82. The summed E-state index contributed by atoms with van der Waals surface area (Å²) in [5, 5.41) is 7.28. The Bertz CT molecular complexity index is 3560. The molecule has 0 N–H and O–H groups in total. The first-order valence-electron chi connectivity index (χ1n) is 20.9. The van der Waals surface area contributed by atoms with E-state index in [2.05, 4.69) is 251 Å². The van der Waals surface area contributed by atoms with Crippen LogP contribution in [0.25, 0.3) is 88.0 Å². The first-order chi connectivity index (χ1) is 30.3. The van der Waals surface area contributed by atoms with Gasteiger partial charge in [-0.1, -0.05) is 164 Å². The van der Waals surface area contributed by atoms with Gasteiger partial charge in [0.25, 0.3) is 0 Å². The van der Waals surface area contributed by atoms with Crippen molar-refractivity contribution in [2.75, 3.05) is 4.90 Å². The Morgan fingerprint density at radius 2 is 0.754 bits per heavy atom. The third-order valence-electron chi connectivity index (χ3n) is 12.3. The smallest absolute Gasteiger partial charge is 0.0562 e. The Morgan fingerprint density at radius 3 is 1.43 bits per heavy atom. The van der Waals surface area contributed by atoms with Crippen LogP contribution in [0.3, 0.4) is 0 Å². The molecule has 61 heavy (non-hydrogen) atoms. The van der Waals surface area contributed by atoms with Gasteiger partial charge >= 0.3 is 0 Å². The van der Waals surface area contributed by atoms with E-state index in [0.29, 0.717) is 0 Å². The fourth-order valence-corrected chi connectivity index (χ4v) is 9.45. The van der Waals surface area contributed by atoms with Crippen LogP contribution in [0, 0.1) is 0 Å². The van der Waals surface area contributed by atoms with Crippen molar-refractivity contribution in [1.82, 2.24) is 9.13 Å². The molecular formula is C58H39N3. The van der Waals surface area contributed by atoms with Gasteiger partial charge in [0.1, 0.15) is 0 Å². The summed E-state index contributed by atoms with van der Waals surface area (Å²) in [6, 6.07) is 86.0. The van der Waals surface area contributed by atoms with Gasteiger partial charge in [-0.3, -0.25) is 0 Å². The van der Waals surface area contributed by atoms with Gasteiger partial charge < -0.3 is 14.0 Å². The summed E-state index contributed by atoms with van der Waals surface area (Å²) in [6.07, 6.45) is 0. The summed E-state index contributed by atoms with van der Waals surface area (Å²) in [5.41, 5.74) is 15.1. The van der Waals surface area contributed by atoms with Gasteiger partial charge in [0.05, 0.1) is 27.8 Å². The molecule has 0 fully saturated rings. The van der Waals surface area contributed by atoms with Gasteiger partial charge in [-0.2, -0.15) is 0 Å². The lowest BCUT2D eigenvalue weighted by Crippen LogP contribution is -2.10. The monoisotopic (exact) mass is 777 g/mol. The maximum absolute atomic E-state index is 2.46. The number of aromatic nitrogens is 2. The number of fused-ring (bicyclic) bond motifs is 7. The first kappa shape index (κ1) is 34.9. The maximum atomic E-state index is 2.46. The largest absolute Gasteiger partial charge is 0.310 e. The molecule has 3 heteroatoms. The fourth-order valence-electron chi connectivity index (χ4n) is 9.45. The summed E-state index contributed by atoms with van der Waals surface area (Å²) >= 11 is 0. The second-order valence-corrected chi connectivity index (χ2v) is 15.8. The Balaban J connectivity index is 1.09. The molecule has 0 amide bonds. The molecule has 0 radical (unpaired) electrons. The first-order valence-corrected chi connectivity index (χ1v) is 20.9. The lowest BCUT2D eigenvalue weighted by atomic mass is 10.0. The van der Waals surface area contributed by atoms with Crippen LogP contribution in [0.1, 0.15) is 0 Å². The van der Waals surface area contributed by atoms with Crippen molar-refractivity contribution in [3.8, 4) is 33.6 Å². The van der Waals surface area contributed by atoms with Crippen molar-refractivity contribution >= 4 is 71.4 Å². The van der Waals surface area contributed by atoms with Gasteiger partial charge in [0.15, 0.2) is 0 Å². The molecule has 0 saturated heterocycles. The lowest BCUT2D eigenvalue weighted by Gasteiger charge is -2.27. The normalized spacial score (nSPS) is 11.6. The van der Waals surface area contributed by atoms with E-state index in [1.54, 1.807) is 0 Å². The molecule has 2 heterocycles. The summed E-state index contributed by atoms with van der Waals surface area (Å²) in [7, 11) is 0. The molecule has 0 bridgehead atoms. The van der Waals surface area contributed by atoms with Gasteiger partial charge in [-0.05, 0) is 106 Å². The Hall–Kier alpha value is -8.14. The number of hydrogen-bond donors (Lipinski definition) is 0. The highest BCUT2D eigenvalue weighted by Gasteiger charge is 2.23. The minimum atomic E-state index is 1.09. The van der Waals surface area contributed by atoms with Crippen LogP contribution in [0.15, 0.2) is 237 Å². The topological polar surface area (TPSA) is 13.1 Å². The molecule has 0 saturated carbocycles. The van der Waals surface area contributed by atoms with Crippen molar-refractivity contribution < 1.29 is 0 Å². The second kappa shape index (κ2) is 14.3. The molecule has 12 aromatic rings. The molecule has 10 aromatic carbocycles. The molecule has 0 unspecified atom stereocenters. The van der Waals surface area contributed by atoms with E-state index >= 15 is 0 Å². The number of rotatable bonds is 7. The van der Waals surface area contributed by atoms with Crippen molar-refractivity contribution in [2.45, 2.75) is 0 Å². The van der Waals surface area contributed by atoms with Crippen molar-refractivity contribution in [2.24, 2.45) is 0 Å². The standard InChI is InChI=1S/C58H39N3/c1-3-14-40(15-4-1)43-26-31-46(32-27-43)60-54-23-12-10-21-52(54)58-55(24-13-25-56(58)60)59(48-35-30-42-18-7-8-19-45(42)38-48)49-36-37-51-50-20-9-11-22-53(50)61(57(51)39-49)47-33-28-44(29-34-47)41-16-5-2-6-17-41/h1-39H. The maximum Gasteiger partial charge on any atom is 0.0562 e. The van der Waals surface area contributed by atoms with Crippen molar-refractivity contribution in [1.29, 1.82) is 0 Å². The molecule has 0 aliphatic rings. The van der Waals surface area contributed by atoms with Gasteiger partial charge in [0.2, 0.25) is 0 Å². The average molecular weight is 778 g/mol. The molecule has 2 aromatic heterocycles. The van der Waals surface area contributed by atoms with Crippen LogP contribution >= 0.6 is 0 Å². The molecule has 3 nitrogen and oxygen atoms in total. The fraction of sp³-hybridized carbons (Fsp3) is 0. The van der Waals surface area contributed by atoms with E-state index in [4.69, 9.17) is 0 Å². The number of nitrogens with zero attached hydrogens (tertiary/aromatic N) is 3. The van der Waals surface area contributed by atoms with Crippen LogP contribution in [0.5, 0.6) is 0 Å². The minimum absolute atomic E-state index is 1.09. The quantitative estimate of drug-likeness (QED) is 0.157. The van der Waals surface area contributed by atoms with Crippen molar-refractivity contribution in [3.05, 3.63) is 237 Å². The zero-order valence-corrected chi connectivity index (χ0v) is 33.4. The average Bonchev–Trinajstić information content (AvgIpc) is 3.85. The Labute approximate surface area is 354 Å². The predicted octanol–water partition coefficient (Wildman–Crippen LogP) is 15.8. The zero-order chi connectivity index (χ0) is 40.3. The number of para-hydroxylation sites is 2. The molecule has 0 aliphatic heterocycles. The third-order valence-corrected chi connectivity index (χ3v) is 12.3. The van der Waals surface area contributed by atoms with E-state index in [1.165, 1.54) is 65.6 Å². The Kier molecular flexibility index (Phi) is 8.17. The van der Waals surface area contributed by atoms with Crippen molar-refractivity contribution in [3.63, 3.8) is 0 Å². The molecule has 0 spiro atoms. The summed E-state index contributed by atoms with van der Waals surface area (Å²) < 4.78 is 4.84. The molecule has 12 rings (SSSR count). The molecular weight excluding hydrogens is 739 g/mol. The van der Waals surface area contributed by atoms with Crippen LogP contribution in [0.4, 0.5) is 17.1 Å². The minimum Gasteiger partial charge on any atom is -0.310 e. The van der Waals surface area contributed by atoms with Crippen LogP contribution in [-0.4, -0.2) is 9.13 Å². The number of anilines is 3. The van der Waals surface area contributed by atoms with Crippen LogP contribution < -0.4 is 4.90 Å². The van der Waals surface area contributed by atoms with Gasteiger partial charge in [-0.15, -0.1) is 0 Å². The van der Waals surface area contributed by atoms with Gasteiger partial charge in [-0.25, -0.2) is 0 Å². The van der Waals surface area contributed by atoms with Gasteiger partial charge in [0, 0.05) is 44.3 Å². The highest BCUT2D eigenvalue weighted by molar-refractivity contribution is 6.17. The number of benzene rings is 10. The number of hydrogen-bond acceptors (Lipinski definition) is 1. The highest BCUT2D eigenvalue weighted by Crippen LogP contribution is 2.46. The zero-order valence-electron chi connectivity index (χ0n) is 33.4. The summed E-state index contributed by atoms with van der Waals surface area (Å²) in [6.45, 7) is 0. The predicted molar refractivity (Wildman–Crippen MR) is 258 cm³/mol. The van der Waals surface area contributed by atoms with E-state index < -0.39 is 0 Å².